The molecule has 2 aliphatic rings. The molecule has 0 fully saturated rings. The molecule has 8 aromatic carbocycles. The molecule has 0 spiro atoms. The van der Waals surface area contributed by atoms with Gasteiger partial charge < -0.3 is 0 Å². The van der Waals surface area contributed by atoms with E-state index in [1.807, 2.05) is 27.7 Å². The smallest absolute Gasteiger partial charge is 0 e. The summed E-state index contributed by atoms with van der Waals surface area (Å²) in [6.45, 7) is 8.00. The van der Waals surface area contributed by atoms with Crippen LogP contribution in [-0.2, 0) is 12.8 Å². The van der Waals surface area contributed by atoms with E-state index < -0.39 is 0 Å². The fourth-order valence-electron chi connectivity index (χ4n) is 7.39. The van der Waals surface area contributed by atoms with Gasteiger partial charge in [-0.25, -0.2) is 0 Å². The fourth-order valence-corrected chi connectivity index (χ4v) is 7.39. The third-order valence-corrected chi connectivity index (χ3v) is 9.33. The van der Waals surface area contributed by atoms with Crippen molar-refractivity contribution in [2.45, 2.75) is 40.5 Å². The molecule has 2 aliphatic carbocycles. The third-order valence-electron chi connectivity index (χ3n) is 9.33. The van der Waals surface area contributed by atoms with Crippen molar-refractivity contribution >= 4 is 59.9 Å². The minimum atomic E-state index is 0. The van der Waals surface area contributed by atoms with Gasteiger partial charge in [0, 0.05) is 16.8 Å². The summed E-state index contributed by atoms with van der Waals surface area (Å²) in [5.41, 5.74) is 11.6. The van der Waals surface area contributed by atoms with E-state index in [2.05, 4.69) is 146 Å². The molecule has 0 bridgehead atoms. The van der Waals surface area contributed by atoms with Crippen LogP contribution < -0.4 is 0 Å². The maximum atomic E-state index is 2.36. The SMILES string of the molecule is CC.CC.[B].[B].c1ccc2c3c(ccc2c1)-c1c(ccc2ccccc12)C3.c1ccc2cc3c(cc2c1)Cc1ccc2ccccc2c1-3. The van der Waals surface area contributed by atoms with E-state index >= 15 is 0 Å². The van der Waals surface area contributed by atoms with E-state index in [4.69, 9.17) is 0 Å². The standard InChI is InChI=1S/2C21H14.2C2H6.2B/c1-3-7-17-14(5-1)11-12-19-20(17)13-16-10-9-15-6-2-4-8-18(15)21(16)19;1-2-7-16-13-20-18(11-15(16)6-1)12-17-10-9-14-5-3-4-8-19(14)21(17)20;2*1-2;;/h1-12H,13H2;1-11,13H,12H2;2*1-2H3;;. The quantitative estimate of drug-likeness (QED) is 0.149. The zero-order chi connectivity index (χ0) is 31.6. The zero-order valence-corrected chi connectivity index (χ0v) is 28.4. The van der Waals surface area contributed by atoms with Gasteiger partial charge in [0.2, 0.25) is 0 Å². The predicted molar refractivity (Wildman–Crippen MR) is 214 cm³/mol. The second-order valence-corrected chi connectivity index (χ2v) is 11.7. The van der Waals surface area contributed by atoms with Gasteiger partial charge in [0.1, 0.15) is 0 Å². The molecule has 2 heteroatoms. The van der Waals surface area contributed by atoms with Crippen LogP contribution in [0.25, 0.3) is 65.3 Å². The topological polar surface area (TPSA) is 0 Å². The molecule has 0 unspecified atom stereocenters. The normalized spacial score (nSPS) is 11.2. The van der Waals surface area contributed by atoms with Crippen molar-refractivity contribution in [1.82, 2.24) is 0 Å². The van der Waals surface area contributed by atoms with Crippen molar-refractivity contribution in [3.8, 4) is 22.3 Å². The number of hydrogen-bond acceptors (Lipinski definition) is 0. The lowest BCUT2D eigenvalue weighted by Gasteiger charge is -2.07. The number of fused-ring (bicyclic) bond motifs is 13. The van der Waals surface area contributed by atoms with E-state index in [-0.39, 0.29) is 16.8 Å². The molecule has 0 saturated carbocycles. The van der Waals surface area contributed by atoms with Crippen LogP contribution in [0.1, 0.15) is 49.9 Å². The van der Waals surface area contributed by atoms with Gasteiger partial charge in [-0.2, -0.15) is 0 Å². The average Bonchev–Trinajstić information content (AvgIpc) is 3.71. The average molecular weight is 614 g/mol. The molecule has 8 aromatic rings. The van der Waals surface area contributed by atoms with Crippen molar-refractivity contribution in [3.63, 3.8) is 0 Å². The van der Waals surface area contributed by atoms with Gasteiger partial charge in [0.05, 0.1) is 0 Å². The Labute approximate surface area is 289 Å². The van der Waals surface area contributed by atoms with Gasteiger partial charge in [-0.15, -0.1) is 0 Å². The number of hydrogen-bond donors (Lipinski definition) is 0. The number of rotatable bonds is 0. The Morgan fingerprint density at radius 2 is 0.750 bits per heavy atom. The highest BCUT2D eigenvalue weighted by molar-refractivity contribution is 6.06. The van der Waals surface area contributed by atoms with Gasteiger partial charge in [0.25, 0.3) is 0 Å². The van der Waals surface area contributed by atoms with Crippen LogP contribution in [-0.4, -0.2) is 16.8 Å². The zero-order valence-electron chi connectivity index (χ0n) is 28.4. The lowest BCUT2D eigenvalue weighted by atomic mass is 9.96. The molecule has 0 aromatic heterocycles. The lowest BCUT2D eigenvalue weighted by molar-refractivity contribution is 1.27. The molecular formula is C46H40B2. The Balaban J connectivity index is 0.000000164. The molecule has 0 atom stereocenters. The molecule has 0 amide bonds. The molecule has 0 nitrogen and oxygen atoms in total. The van der Waals surface area contributed by atoms with Gasteiger partial charge >= 0.3 is 0 Å². The second kappa shape index (κ2) is 14.8. The molecule has 10 rings (SSSR count). The van der Waals surface area contributed by atoms with Crippen molar-refractivity contribution in [2.24, 2.45) is 0 Å². The largest absolute Gasteiger partial charge is 0.0683 e. The summed E-state index contributed by atoms with van der Waals surface area (Å²) in [7, 11) is 0. The Bertz CT molecular complexity index is 2320. The maximum absolute atomic E-state index is 2.36. The van der Waals surface area contributed by atoms with Crippen LogP contribution in [0.2, 0.25) is 0 Å². The van der Waals surface area contributed by atoms with E-state index in [1.165, 1.54) is 87.6 Å². The van der Waals surface area contributed by atoms with Crippen LogP contribution in [0.3, 0.4) is 0 Å². The first-order valence-corrected chi connectivity index (χ1v) is 16.9. The van der Waals surface area contributed by atoms with Crippen LogP contribution in [0.4, 0.5) is 0 Å². The molecule has 230 valence electrons. The van der Waals surface area contributed by atoms with Gasteiger partial charge in [-0.1, -0.05) is 167 Å². The summed E-state index contributed by atoms with van der Waals surface area (Å²) in [5, 5.41) is 10.8. The highest BCUT2D eigenvalue weighted by Crippen LogP contribution is 2.45. The van der Waals surface area contributed by atoms with Crippen LogP contribution in [0.15, 0.2) is 146 Å². The summed E-state index contributed by atoms with van der Waals surface area (Å²) in [6.07, 6.45) is 2.11. The minimum absolute atomic E-state index is 0. The van der Waals surface area contributed by atoms with Crippen LogP contribution >= 0.6 is 0 Å². The fraction of sp³-hybridized carbons (Fsp3) is 0.130. The maximum Gasteiger partial charge on any atom is 0 e. The second-order valence-electron chi connectivity index (χ2n) is 11.7. The summed E-state index contributed by atoms with van der Waals surface area (Å²) in [4.78, 5) is 0. The summed E-state index contributed by atoms with van der Waals surface area (Å²) in [6, 6.07) is 53.2. The first-order chi connectivity index (χ1) is 22.8. The molecule has 0 saturated heterocycles. The Morgan fingerprint density at radius 3 is 1.33 bits per heavy atom. The first kappa shape index (κ1) is 34.3. The van der Waals surface area contributed by atoms with Gasteiger partial charge in [-0.05, 0) is 107 Å². The Kier molecular flexibility index (Phi) is 10.6. The highest BCUT2D eigenvalue weighted by Gasteiger charge is 2.23. The van der Waals surface area contributed by atoms with Crippen molar-refractivity contribution in [2.75, 3.05) is 0 Å². The van der Waals surface area contributed by atoms with Crippen molar-refractivity contribution in [3.05, 3.63) is 168 Å². The van der Waals surface area contributed by atoms with Crippen LogP contribution in [0, 0.1) is 0 Å². The Morgan fingerprint density at radius 1 is 0.333 bits per heavy atom. The lowest BCUT2D eigenvalue weighted by Crippen LogP contribution is -1.83. The molecule has 48 heavy (non-hydrogen) atoms. The number of benzene rings is 8. The molecule has 0 N–H and O–H groups in total. The van der Waals surface area contributed by atoms with E-state index in [0.717, 1.165) is 12.8 Å². The van der Waals surface area contributed by atoms with Gasteiger partial charge in [0.15, 0.2) is 0 Å². The predicted octanol–water partition coefficient (Wildman–Crippen LogP) is 12.4. The minimum Gasteiger partial charge on any atom is -0.0683 e. The van der Waals surface area contributed by atoms with E-state index in [0.29, 0.717) is 0 Å². The van der Waals surface area contributed by atoms with E-state index in [1.54, 1.807) is 0 Å². The third kappa shape index (κ3) is 5.82. The molecule has 6 radical (unpaired) electrons. The van der Waals surface area contributed by atoms with Gasteiger partial charge in [-0.3, -0.25) is 0 Å². The Hall–Kier alpha value is -5.07. The summed E-state index contributed by atoms with van der Waals surface area (Å²) >= 11 is 0. The van der Waals surface area contributed by atoms with E-state index in [9.17, 15) is 0 Å². The first-order valence-electron chi connectivity index (χ1n) is 16.9. The summed E-state index contributed by atoms with van der Waals surface area (Å²) in [5.74, 6) is 0. The monoisotopic (exact) mass is 614 g/mol. The van der Waals surface area contributed by atoms with Crippen molar-refractivity contribution < 1.29 is 0 Å². The summed E-state index contributed by atoms with van der Waals surface area (Å²) < 4.78 is 0. The highest BCUT2D eigenvalue weighted by atomic mass is 14.3. The molecule has 0 aliphatic heterocycles. The van der Waals surface area contributed by atoms with Crippen LogP contribution in [0.5, 0.6) is 0 Å². The molecular weight excluding hydrogens is 574 g/mol. The van der Waals surface area contributed by atoms with Crippen molar-refractivity contribution in [1.29, 1.82) is 0 Å². The molecule has 0 heterocycles.